The molecule has 0 bridgehead atoms. The van der Waals surface area contributed by atoms with Crippen LogP contribution in [0.1, 0.15) is 10.4 Å². The Balaban J connectivity index is 2.51. The van der Waals surface area contributed by atoms with E-state index in [9.17, 15) is 4.79 Å². The molecular formula is C13H9BrO. The van der Waals surface area contributed by atoms with E-state index in [0.717, 1.165) is 21.9 Å². The highest BCUT2D eigenvalue weighted by Crippen LogP contribution is 2.24. The Bertz CT molecular complexity index is 477. The van der Waals surface area contributed by atoms with Crippen molar-refractivity contribution in [1.82, 2.24) is 0 Å². The van der Waals surface area contributed by atoms with E-state index in [2.05, 4.69) is 15.9 Å². The lowest BCUT2D eigenvalue weighted by Crippen LogP contribution is -1.84. The largest absolute Gasteiger partial charge is 0.298 e. The van der Waals surface area contributed by atoms with Gasteiger partial charge in [-0.25, -0.2) is 0 Å². The standard InChI is InChI=1S/C13H9BrO/c14-13-7-6-11(8-12(13)9-15)10-4-2-1-3-5-10/h1-9H. The quantitative estimate of drug-likeness (QED) is 0.748. The first-order valence-corrected chi connectivity index (χ1v) is 5.41. The fourth-order valence-corrected chi connectivity index (χ4v) is 1.78. The van der Waals surface area contributed by atoms with Crippen molar-refractivity contribution >= 4 is 22.2 Å². The summed E-state index contributed by atoms with van der Waals surface area (Å²) in [6, 6.07) is 15.8. The summed E-state index contributed by atoms with van der Waals surface area (Å²) in [7, 11) is 0. The molecule has 0 amide bonds. The molecule has 0 saturated heterocycles. The minimum atomic E-state index is 0.677. The second-order valence-corrected chi connectivity index (χ2v) is 4.07. The van der Waals surface area contributed by atoms with Gasteiger partial charge in [0.2, 0.25) is 0 Å². The third-order valence-electron chi connectivity index (χ3n) is 2.23. The Labute approximate surface area is 96.9 Å². The number of carbonyl (C=O) groups excluding carboxylic acids is 1. The van der Waals surface area contributed by atoms with Crippen molar-refractivity contribution in [3.63, 3.8) is 0 Å². The van der Waals surface area contributed by atoms with Crippen LogP contribution in [0.3, 0.4) is 0 Å². The molecule has 2 aromatic carbocycles. The summed E-state index contributed by atoms with van der Waals surface area (Å²) >= 11 is 3.33. The number of carbonyl (C=O) groups is 1. The Kier molecular flexibility index (Phi) is 2.97. The fraction of sp³-hybridized carbons (Fsp3) is 0. The molecule has 2 rings (SSSR count). The van der Waals surface area contributed by atoms with Gasteiger partial charge in [0.05, 0.1) is 0 Å². The summed E-state index contributed by atoms with van der Waals surface area (Å²) in [4.78, 5) is 10.8. The Morgan fingerprint density at radius 2 is 1.67 bits per heavy atom. The second-order valence-electron chi connectivity index (χ2n) is 3.22. The normalized spacial score (nSPS) is 9.93. The van der Waals surface area contributed by atoms with Crippen molar-refractivity contribution in [2.45, 2.75) is 0 Å². The van der Waals surface area contributed by atoms with E-state index >= 15 is 0 Å². The molecule has 0 spiro atoms. The molecule has 0 aromatic heterocycles. The van der Waals surface area contributed by atoms with Crippen molar-refractivity contribution in [1.29, 1.82) is 0 Å². The summed E-state index contributed by atoms with van der Waals surface area (Å²) in [6.45, 7) is 0. The number of rotatable bonds is 2. The fourth-order valence-electron chi connectivity index (χ4n) is 1.44. The van der Waals surface area contributed by atoms with Gasteiger partial charge in [0.1, 0.15) is 0 Å². The first-order chi connectivity index (χ1) is 7.31. The maximum atomic E-state index is 10.8. The average Bonchev–Trinajstić information content (AvgIpc) is 2.31. The molecule has 0 saturated carbocycles. The number of halogens is 1. The number of aldehydes is 1. The maximum absolute atomic E-state index is 10.8. The summed E-state index contributed by atoms with van der Waals surface area (Å²) in [6.07, 6.45) is 0.858. The number of benzene rings is 2. The van der Waals surface area contributed by atoms with Crippen molar-refractivity contribution < 1.29 is 4.79 Å². The minimum Gasteiger partial charge on any atom is -0.298 e. The highest BCUT2D eigenvalue weighted by Gasteiger charge is 2.01. The molecule has 0 radical (unpaired) electrons. The van der Waals surface area contributed by atoms with Gasteiger partial charge >= 0.3 is 0 Å². The van der Waals surface area contributed by atoms with Crippen LogP contribution in [-0.4, -0.2) is 6.29 Å². The van der Waals surface area contributed by atoms with Gasteiger partial charge in [0.25, 0.3) is 0 Å². The third-order valence-corrected chi connectivity index (χ3v) is 2.95. The van der Waals surface area contributed by atoms with Crippen molar-refractivity contribution in [3.05, 3.63) is 58.6 Å². The molecule has 0 unspecified atom stereocenters. The zero-order valence-electron chi connectivity index (χ0n) is 7.98. The van der Waals surface area contributed by atoms with Gasteiger partial charge < -0.3 is 0 Å². The monoisotopic (exact) mass is 260 g/mol. The van der Waals surface area contributed by atoms with E-state index < -0.39 is 0 Å². The molecular weight excluding hydrogens is 252 g/mol. The first-order valence-electron chi connectivity index (χ1n) is 4.61. The van der Waals surface area contributed by atoms with Gasteiger partial charge in [-0.15, -0.1) is 0 Å². The number of hydrogen-bond acceptors (Lipinski definition) is 1. The van der Waals surface area contributed by atoms with E-state index in [0.29, 0.717) is 5.56 Å². The van der Waals surface area contributed by atoms with Gasteiger partial charge in [0.15, 0.2) is 6.29 Å². The maximum Gasteiger partial charge on any atom is 0.151 e. The topological polar surface area (TPSA) is 17.1 Å². The highest BCUT2D eigenvalue weighted by atomic mass is 79.9. The van der Waals surface area contributed by atoms with Crippen molar-refractivity contribution in [2.24, 2.45) is 0 Å². The van der Waals surface area contributed by atoms with Crippen LogP contribution in [0.15, 0.2) is 53.0 Å². The van der Waals surface area contributed by atoms with Crippen LogP contribution >= 0.6 is 15.9 Å². The number of hydrogen-bond donors (Lipinski definition) is 0. The van der Waals surface area contributed by atoms with E-state index in [-0.39, 0.29) is 0 Å². The van der Waals surface area contributed by atoms with E-state index in [1.165, 1.54) is 0 Å². The van der Waals surface area contributed by atoms with Crippen LogP contribution < -0.4 is 0 Å². The van der Waals surface area contributed by atoms with E-state index in [1.54, 1.807) is 0 Å². The van der Waals surface area contributed by atoms with Crippen LogP contribution in [0, 0.1) is 0 Å². The zero-order chi connectivity index (χ0) is 10.7. The van der Waals surface area contributed by atoms with Crippen molar-refractivity contribution in [3.8, 4) is 11.1 Å². The molecule has 2 aromatic rings. The molecule has 0 aliphatic rings. The van der Waals surface area contributed by atoms with Gasteiger partial charge in [-0.1, -0.05) is 52.3 Å². The molecule has 0 N–H and O–H groups in total. The summed E-state index contributed by atoms with van der Waals surface area (Å²) in [5.74, 6) is 0. The summed E-state index contributed by atoms with van der Waals surface area (Å²) in [5, 5.41) is 0. The second kappa shape index (κ2) is 4.41. The van der Waals surface area contributed by atoms with Crippen LogP contribution in [0.25, 0.3) is 11.1 Å². The smallest absolute Gasteiger partial charge is 0.151 e. The van der Waals surface area contributed by atoms with Crippen LogP contribution in [0.4, 0.5) is 0 Å². The Morgan fingerprint density at radius 3 is 2.33 bits per heavy atom. The molecule has 0 atom stereocenters. The predicted molar refractivity (Wildman–Crippen MR) is 65.0 cm³/mol. The average molecular weight is 261 g/mol. The predicted octanol–water partition coefficient (Wildman–Crippen LogP) is 3.93. The Morgan fingerprint density at radius 1 is 0.933 bits per heavy atom. The van der Waals surface area contributed by atoms with E-state index in [4.69, 9.17) is 0 Å². The SMILES string of the molecule is O=Cc1cc(-c2ccccc2)ccc1Br. The molecule has 0 aliphatic heterocycles. The molecule has 1 nitrogen and oxygen atoms in total. The van der Waals surface area contributed by atoms with Gasteiger partial charge in [-0.2, -0.15) is 0 Å². The molecule has 15 heavy (non-hydrogen) atoms. The molecule has 2 heteroatoms. The third kappa shape index (κ3) is 2.16. The molecule has 0 aliphatic carbocycles. The van der Waals surface area contributed by atoms with Gasteiger partial charge in [-0.3, -0.25) is 4.79 Å². The van der Waals surface area contributed by atoms with Crippen LogP contribution in [-0.2, 0) is 0 Å². The lowest BCUT2D eigenvalue weighted by Gasteiger charge is -2.03. The van der Waals surface area contributed by atoms with Gasteiger partial charge in [0, 0.05) is 10.0 Å². The zero-order valence-corrected chi connectivity index (χ0v) is 9.57. The van der Waals surface area contributed by atoms with E-state index in [1.807, 2.05) is 48.5 Å². The van der Waals surface area contributed by atoms with Gasteiger partial charge in [-0.05, 0) is 23.3 Å². The Hall–Kier alpha value is -1.41. The van der Waals surface area contributed by atoms with Crippen LogP contribution in [0.5, 0.6) is 0 Å². The lowest BCUT2D eigenvalue weighted by molar-refractivity contribution is 0.112. The lowest BCUT2D eigenvalue weighted by atomic mass is 10.0. The summed E-state index contributed by atoms with van der Waals surface area (Å²) < 4.78 is 0.831. The molecule has 0 fully saturated rings. The molecule has 74 valence electrons. The minimum absolute atomic E-state index is 0.677. The molecule has 0 heterocycles. The van der Waals surface area contributed by atoms with Crippen LogP contribution in [0.2, 0.25) is 0 Å². The van der Waals surface area contributed by atoms with Crippen molar-refractivity contribution in [2.75, 3.05) is 0 Å². The first kappa shape index (κ1) is 10.1. The summed E-state index contributed by atoms with van der Waals surface area (Å²) in [5.41, 5.74) is 2.85. The highest BCUT2D eigenvalue weighted by molar-refractivity contribution is 9.10.